The van der Waals surface area contributed by atoms with Crippen LogP contribution in [-0.2, 0) is 9.47 Å². The predicted octanol–water partition coefficient (Wildman–Crippen LogP) is 4.68. The Morgan fingerprint density at radius 1 is 0.920 bits per heavy atom. The van der Waals surface area contributed by atoms with Crippen molar-refractivity contribution in [2.75, 3.05) is 28.2 Å². The summed E-state index contributed by atoms with van der Waals surface area (Å²) in [6, 6.07) is 4.29. The van der Waals surface area contributed by atoms with Gasteiger partial charge in [0.25, 0.3) is 0 Å². The zero-order chi connectivity index (χ0) is 36.7. The second-order valence-electron chi connectivity index (χ2n) is 14.9. The van der Waals surface area contributed by atoms with Gasteiger partial charge in [0.05, 0.1) is 53.1 Å². The molecule has 3 aliphatic rings. The maximum atomic E-state index is 14.9. The average molecular weight is 689 g/mol. The van der Waals surface area contributed by atoms with E-state index in [2.05, 4.69) is 0 Å². The summed E-state index contributed by atoms with van der Waals surface area (Å²) in [4.78, 5) is 47.0. The highest BCUT2D eigenvalue weighted by molar-refractivity contribution is 6.33. The molecular weight excluding hydrogens is 640 g/mol. The van der Waals surface area contributed by atoms with Crippen LogP contribution in [0.25, 0.3) is 16.5 Å². The fourth-order valence-electron chi connectivity index (χ4n) is 8.00. The molecule has 2 aromatic carbocycles. The fraction of sp³-hybridized carbons (Fsp3) is 0.513. The molecule has 1 aliphatic carbocycles. The van der Waals surface area contributed by atoms with Crippen LogP contribution in [0.3, 0.4) is 0 Å². The van der Waals surface area contributed by atoms with Crippen LogP contribution in [0.1, 0.15) is 114 Å². The Morgan fingerprint density at radius 2 is 1.58 bits per heavy atom. The number of carbonyl (C=O) groups is 2. The third-order valence-electron chi connectivity index (χ3n) is 11.5. The predicted molar refractivity (Wildman–Crippen MR) is 189 cm³/mol. The van der Waals surface area contributed by atoms with E-state index < -0.39 is 59.5 Å². The highest BCUT2D eigenvalue weighted by Gasteiger charge is 2.49. The molecule has 2 saturated heterocycles. The van der Waals surface area contributed by atoms with E-state index in [0.29, 0.717) is 23.1 Å². The van der Waals surface area contributed by atoms with E-state index in [1.165, 1.54) is 6.07 Å². The molecule has 11 heteroatoms. The van der Waals surface area contributed by atoms with Gasteiger partial charge in [0.1, 0.15) is 11.5 Å². The number of aliphatic hydroxyl groups is 2. The summed E-state index contributed by atoms with van der Waals surface area (Å²) in [5.74, 6) is -1.31. The van der Waals surface area contributed by atoms with E-state index in [1.807, 2.05) is 44.9 Å². The smallest absolute Gasteiger partial charge is 0.202 e. The van der Waals surface area contributed by atoms with Gasteiger partial charge in [0, 0.05) is 34.3 Å². The Bertz CT molecular complexity index is 2000. The number of likely N-dealkylation sites (N-methyl/N-ethyl adjacent to an activating group) is 2. The summed E-state index contributed by atoms with van der Waals surface area (Å²) < 4.78 is 19.0. The first-order valence-corrected chi connectivity index (χ1v) is 17.2. The van der Waals surface area contributed by atoms with Crippen molar-refractivity contribution in [3.05, 3.63) is 79.2 Å². The number of fused-ring (bicyclic) bond motifs is 4. The fourth-order valence-corrected chi connectivity index (χ4v) is 8.00. The molecule has 3 aromatic rings. The quantitative estimate of drug-likeness (QED) is 0.268. The van der Waals surface area contributed by atoms with Gasteiger partial charge in [-0.05, 0) is 111 Å². The standard InChI is InChI=1S/C39H48N2O9/c1-11-17(2)26-15-25(42)29-18(3)12-23-31(37(29)50-26)36(46)32-30(35(23)45)21(27-14-24(40(7)8)33(43)19(4)48-27)13-22(34(32)44)28-16-39(6,41(9)10)38(47)20(5)49-28/h11-13,15,19-20,24,27-28,33,38,43-44,47H,14,16H2,1-10H3/b17-11-/t19-,20-,24-,27-,28+,33+,38+,39+/m0/s1. The van der Waals surface area contributed by atoms with Crippen LogP contribution >= 0.6 is 0 Å². The third kappa shape index (κ3) is 5.46. The van der Waals surface area contributed by atoms with Crippen LogP contribution in [0.5, 0.6) is 5.75 Å². The number of phenolic OH excluding ortho intramolecular Hbond substituents is 1. The summed E-state index contributed by atoms with van der Waals surface area (Å²) in [6.45, 7) is 10.7. The van der Waals surface area contributed by atoms with Gasteiger partial charge in [-0.2, -0.15) is 0 Å². The Labute approximate surface area is 292 Å². The molecule has 0 spiro atoms. The van der Waals surface area contributed by atoms with Gasteiger partial charge in [-0.25, -0.2) is 0 Å². The van der Waals surface area contributed by atoms with Crippen molar-refractivity contribution >= 4 is 28.1 Å². The van der Waals surface area contributed by atoms with Crippen LogP contribution in [-0.4, -0.2) is 101 Å². The topological polar surface area (TPSA) is 150 Å². The first-order chi connectivity index (χ1) is 23.4. The second-order valence-corrected chi connectivity index (χ2v) is 14.9. The molecule has 0 amide bonds. The maximum absolute atomic E-state index is 14.9. The first kappa shape index (κ1) is 36.1. The number of hydrogen-bond donors (Lipinski definition) is 3. The lowest BCUT2D eigenvalue weighted by atomic mass is 9.74. The lowest BCUT2D eigenvalue weighted by molar-refractivity contribution is -0.176. The number of rotatable bonds is 5. The van der Waals surface area contributed by atoms with Crippen LogP contribution in [0.2, 0.25) is 0 Å². The molecule has 3 N–H and O–H groups in total. The summed E-state index contributed by atoms with van der Waals surface area (Å²) in [7, 11) is 7.46. The number of ketones is 2. The van der Waals surface area contributed by atoms with Gasteiger partial charge in [0.15, 0.2) is 16.8 Å². The number of benzene rings is 2. The number of hydrogen-bond acceptors (Lipinski definition) is 11. The molecule has 6 rings (SSSR count). The van der Waals surface area contributed by atoms with Crippen LogP contribution in [0.15, 0.2) is 33.5 Å². The Morgan fingerprint density at radius 3 is 2.20 bits per heavy atom. The van der Waals surface area contributed by atoms with Gasteiger partial charge < -0.3 is 39.0 Å². The van der Waals surface area contributed by atoms with Crippen molar-refractivity contribution in [1.82, 2.24) is 9.80 Å². The van der Waals surface area contributed by atoms with Crippen LogP contribution in [0, 0.1) is 6.92 Å². The van der Waals surface area contributed by atoms with Crippen molar-refractivity contribution in [1.29, 1.82) is 0 Å². The Balaban J connectivity index is 1.65. The molecule has 0 unspecified atom stereocenters. The molecule has 50 heavy (non-hydrogen) atoms. The van der Waals surface area contributed by atoms with E-state index in [0.717, 1.165) is 0 Å². The molecule has 11 nitrogen and oxygen atoms in total. The number of carbonyl (C=O) groups excluding carboxylic acids is 2. The lowest BCUT2D eigenvalue weighted by Crippen LogP contribution is -2.59. The molecule has 1 aromatic heterocycles. The SMILES string of the molecule is C/C=C(/C)c1cc(=O)c2c(C)cc3c(c2o1)C(=O)c1c(O)c([C@H]2C[C@@](C)(N(C)C)[C@H](O)[C@H](C)O2)cc([C@@H]2C[C@H](N(C)C)[C@H](O)[C@H](C)O2)c1C3=O. The van der Waals surface area contributed by atoms with Gasteiger partial charge in [-0.3, -0.25) is 14.4 Å². The molecule has 268 valence electrons. The largest absolute Gasteiger partial charge is 0.507 e. The minimum absolute atomic E-state index is 0.0102. The van der Waals surface area contributed by atoms with E-state index in [4.69, 9.17) is 13.9 Å². The molecule has 8 atom stereocenters. The summed E-state index contributed by atoms with van der Waals surface area (Å²) >= 11 is 0. The Hall–Kier alpha value is -3.71. The number of aryl methyl sites for hydroxylation is 1. The zero-order valence-electron chi connectivity index (χ0n) is 30.5. The molecule has 2 aliphatic heterocycles. The first-order valence-electron chi connectivity index (χ1n) is 17.2. The normalized spacial score (nSPS) is 30.3. The molecule has 0 bridgehead atoms. The highest BCUT2D eigenvalue weighted by Crippen LogP contribution is 2.49. The van der Waals surface area contributed by atoms with E-state index in [9.17, 15) is 29.7 Å². The summed E-state index contributed by atoms with van der Waals surface area (Å²) in [5, 5.41) is 34.5. The monoisotopic (exact) mass is 688 g/mol. The number of phenols is 1. The molecule has 3 heterocycles. The second kappa shape index (κ2) is 12.8. The van der Waals surface area contributed by atoms with E-state index >= 15 is 0 Å². The van der Waals surface area contributed by atoms with Gasteiger partial charge in [-0.1, -0.05) is 6.08 Å². The number of nitrogens with zero attached hydrogens (tertiary/aromatic N) is 2. The van der Waals surface area contributed by atoms with Crippen LogP contribution in [0.4, 0.5) is 0 Å². The van der Waals surface area contributed by atoms with Crippen molar-refractivity contribution in [3.8, 4) is 5.75 Å². The van der Waals surface area contributed by atoms with Crippen molar-refractivity contribution in [3.63, 3.8) is 0 Å². The molecule has 0 radical (unpaired) electrons. The highest BCUT2D eigenvalue weighted by atomic mass is 16.5. The number of aromatic hydroxyl groups is 1. The number of ether oxygens (including phenoxy) is 2. The molecular formula is C39H48N2O9. The molecule has 0 saturated carbocycles. The number of aliphatic hydroxyl groups excluding tert-OH is 2. The van der Waals surface area contributed by atoms with Crippen molar-refractivity contribution < 1.29 is 38.8 Å². The van der Waals surface area contributed by atoms with Crippen molar-refractivity contribution in [2.24, 2.45) is 0 Å². The third-order valence-corrected chi connectivity index (χ3v) is 11.5. The number of allylic oxidation sites excluding steroid dienone is 2. The Kier molecular flexibility index (Phi) is 9.24. The maximum Gasteiger partial charge on any atom is 0.202 e. The van der Waals surface area contributed by atoms with E-state index in [1.54, 1.807) is 52.8 Å². The van der Waals surface area contributed by atoms with Gasteiger partial charge in [0.2, 0.25) is 5.78 Å². The zero-order valence-corrected chi connectivity index (χ0v) is 30.5. The summed E-state index contributed by atoms with van der Waals surface area (Å²) in [6.07, 6.45) is -2.05. The van der Waals surface area contributed by atoms with Gasteiger partial charge in [-0.15, -0.1) is 0 Å². The minimum atomic E-state index is -0.847. The summed E-state index contributed by atoms with van der Waals surface area (Å²) in [5.41, 5.74) is 0.492. The minimum Gasteiger partial charge on any atom is -0.507 e. The van der Waals surface area contributed by atoms with Crippen molar-refractivity contribution in [2.45, 2.75) is 103 Å². The van der Waals surface area contributed by atoms with E-state index in [-0.39, 0.29) is 62.4 Å². The van der Waals surface area contributed by atoms with Gasteiger partial charge >= 0.3 is 0 Å². The molecule has 2 fully saturated rings. The van der Waals surface area contributed by atoms with Crippen LogP contribution < -0.4 is 5.43 Å². The lowest BCUT2D eigenvalue weighted by Gasteiger charge is -2.49. The average Bonchev–Trinajstić information content (AvgIpc) is 3.05.